The summed E-state index contributed by atoms with van der Waals surface area (Å²) in [5, 5.41) is 3.10. The normalized spacial score (nSPS) is 31.4. The minimum absolute atomic E-state index is 0.0770. The molecule has 0 spiro atoms. The number of aryl methyl sites for hydroxylation is 1. The van der Waals surface area contributed by atoms with Crippen molar-refractivity contribution in [2.45, 2.75) is 89.3 Å². The maximum atomic E-state index is 12.6. The van der Waals surface area contributed by atoms with Crippen LogP contribution in [0.1, 0.15) is 64.9 Å². The summed E-state index contributed by atoms with van der Waals surface area (Å²) < 4.78 is 13.3. The molecule has 6 nitrogen and oxygen atoms in total. The van der Waals surface area contributed by atoms with Crippen LogP contribution in [-0.4, -0.2) is 43.9 Å². The molecule has 7 heteroatoms. The molecule has 1 aromatic rings. The fourth-order valence-corrected chi connectivity index (χ4v) is 6.44. The van der Waals surface area contributed by atoms with Crippen molar-refractivity contribution < 1.29 is 14.1 Å². The van der Waals surface area contributed by atoms with Crippen LogP contribution < -0.4 is 16.8 Å². The van der Waals surface area contributed by atoms with Crippen LogP contribution in [0, 0.1) is 17.3 Å². The van der Waals surface area contributed by atoms with Crippen LogP contribution in [-0.2, 0) is 20.5 Å². The number of amides is 1. The summed E-state index contributed by atoms with van der Waals surface area (Å²) in [7, 11) is -0.298. The third-order valence-electron chi connectivity index (χ3n) is 8.84. The van der Waals surface area contributed by atoms with Gasteiger partial charge in [0.2, 0.25) is 5.91 Å². The molecule has 5 rings (SSSR count). The number of hydrogen-bond acceptors (Lipinski definition) is 5. The van der Waals surface area contributed by atoms with Crippen molar-refractivity contribution in [1.82, 2.24) is 5.32 Å². The number of unbranched alkanes of at least 4 members (excludes halogenated alkanes) is 1. The van der Waals surface area contributed by atoms with E-state index < -0.39 is 6.04 Å². The molecule has 3 saturated carbocycles. The molecule has 1 aromatic carbocycles. The summed E-state index contributed by atoms with van der Waals surface area (Å²) in [6, 6.07) is 9.98. The Kier molecular flexibility index (Phi) is 7.54. The Morgan fingerprint density at radius 3 is 2.64 bits per heavy atom. The van der Waals surface area contributed by atoms with Crippen molar-refractivity contribution in [1.29, 1.82) is 0 Å². The first-order chi connectivity index (χ1) is 15.8. The lowest BCUT2D eigenvalue weighted by Gasteiger charge is -2.64. The fourth-order valence-electron chi connectivity index (χ4n) is 6.44. The predicted octanol–water partition coefficient (Wildman–Crippen LogP) is 3.29. The van der Waals surface area contributed by atoms with Gasteiger partial charge in [-0.1, -0.05) is 50.6 Å². The highest BCUT2D eigenvalue weighted by Gasteiger charge is 2.68. The van der Waals surface area contributed by atoms with Gasteiger partial charge in [-0.05, 0) is 74.8 Å². The van der Waals surface area contributed by atoms with E-state index in [-0.39, 0.29) is 30.5 Å². The molecule has 2 bridgehead atoms. The Bertz CT molecular complexity index is 807. The lowest BCUT2D eigenvalue weighted by molar-refractivity contribution is -0.199. The van der Waals surface area contributed by atoms with E-state index in [0.717, 1.165) is 38.0 Å². The van der Waals surface area contributed by atoms with Crippen molar-refractivity contribution in [2.75, 3.05) is 13.1 Å². The molecule has 5 N–H and O–H groups in total. The summed E-state index contributed by atoms with van der Waals surface area (Å²) in [5.74, 6) is 1.23. The van der Waals surface area contributed by atoms with E-state index in [9.17, 15) is 4.79 Å². The number of rotatable bonds is 11. The van der Waals surface area contributed by atoms with Gasteiger partial charge in [-0.3, -0.25) is 4.79 Å². The zero-order valence-electron chi connectivity index (χ0n) is 20.6. The van der Waals surface area contributed by atoms with E-state index in [2.05, 4.69) is 50.4 Å². The van der Waals surface area contributed by atoms with Crippen LogP contribution in [0.4, 0.5) is 0 Å². The SMILES string of the molecule is CC1(C)[C@H]2C[C@@H]3OB(C(CCc4ccccc4)CNC(=O)[C@H](N)CCCCN)O[C@]3(C)[C@@H]1C2. The Morgan fingerprint density at radius 1 is 1.18 bits per heavy atom. The summed E-state index contributed by atoms with van der Waals surface area (Å²) in [6.45, 7) is 8.15. The van der Waals surface area contributed by atoms with Crippen LogP contribution in [0.5, 0.6) is 0 Å². The molecule has 1 heterocycles. The van der Waals surface area contributed by atoms with Crippen molar-refractivity contribution in [2.24, 2.45) is 28.7 Å². The zero-order valence-corrected chi connectivity index (χ0v) is 20.6. The topological polar surface area (TPSA) is 99.6 Å². The van der Waals surface area contributed by atoms with Crippen LogP contribution in [0.2, 0.25) is 5.82 Å². The Morgan fingerprint density at radius 2 is 1.94 bits per heavy atom. The Labute approximate surface area is 199 Å². The molecule has 1 aliphatic heterocycles. The van der Waals surface area contributed by atoms with Crippen LogP contribution in [0.25, 0.3) is 0 Å². The Hall–Kier alpha value is -1.41. The summed E-state index contributed by atoms with van der Waals surface area (Å²) in [4.78, 5) is 12.6. The molecule has 4 fully saturated rings. The van der Waals surface area contributed by atoms with E-state index in [1.165, 1.54) is 12.0 Å². The van der Waals surface area contributed by atoms with Gasteiger partial charge in [0.15, 0.2) is 0 Å². The van der Waals surface area contributed by atoms with Crippen LogP contribution >= 0.6 is 0 Å². The maximum Gasteiger partial charge on any atom is 0.462 e. The number of carbonyl (C=O) groups excluding carboxylic acids is 1. The maximum absolute atomic E-state index is 12.6. The average molecular weight is 455 g/mol. The second kappa shape index (κ2) is 10.1. The van der Waals surface area contributed by atoms with Gasteiger partial charge in [0.05, 0.1) is 17.7 Å². The number of hydrogen-bond donors (Lipinski definition) is 3. The van der Waals surface area contributed by atoms with Crippen molar-refractivity contribution in [3.63, 3.8) is 0 Å². The van der Waals surface area contributed by atoms with Crippen molar-refractivity contribution in [3.8, 4) is 0 Å². The van der Waals surface area contributed by atoms with Gasteiger partial charge in [-0.25, -0.2) is 0 Å². The third kappa shape index (κ3) is 5.02. The average Bonchev–Trinajstić information content (AvgIpc) is 3.16. The summed E-state index contributed by atoms with van der Waals surface area (Å²) >= 11 is 0. The van der Waals surface area contributed by atoms with Gasteiger partial charge in [0.25, 0.3) is 0 Å². The number of carbonyl (C=O) groups is 1. The zero-order chi connectivity index (χ0) is 23.6. The molecule has 1 amide bonds. The van der Waals surface area contributed by atoms with E-state index in [4.69, 9.17) is 20.8 Å². The van der Waals surface area contributed by atoms with Gasteiger partial charge in [-0.2, -0.15) is 0 Å². The van der Waals surface area contributed by atoms with E-state index in [1.54, 1.807) is 0 Å². The highest BCUT2D eigenvalue weighted by Crippen LogP contribution is 2.66. The molecular weight excluding hydrogens is 413 g/mol. The third-order valence-corrected chi connectivity index (χ3v) is 8.84. The smallest absolute Gasteiger partial charge is 0.405 e. The summed E-state index contributed by atoms with van der Waals surface area (Å²) in [6.07, 6.45) is 6.68. The van der Waals surface area contributed by atoms with Gasteiger partial charge in [0, 0.05) is 12.4 Å². The quantitative estimate of drug-likeness (QED) is 0.351. The first kappa shape index (κ1) is 24.7. The second-order valence-electron chi connectivity index (χ2n) is 11.3. The van der Waals surface area contributed by atoms with Gasteiger partial charge in [0.1, 0.15) is 0 Å². The van der Waals surface area contributed by atoms with E-state index >= 15 is 0 Å². The molecule has 3 aliphatic carbocycles. The van der Waals surface area contributed by atoms with Crippen molar-refractivity contribution >= 4 is 13.0 Å². The number of benzene rings is 1. The standard InChI is InChI=1S/C26H42BN3O3/c1-25(2)19-15-22(25)26(3)23(16-19)32-27(33-26)20(13-12-18-9-5-4-6-10-18)17-30-24(31)21(29)11-7-8-14-28/h4-6,9-10,19-23H,7-8,11-17,28-29H2,1-3H3,(H,30,31)/t19-,20?,21-,22-,23+,26-/m1/s1. The molecule has 6 atom stereocenters. The molecular formula is C26H42BN3O3. The highest BCUT2D eigenvalue weighted by molar-refractivity contribution is 6.47. The highest BCUT2D eigenvalue weighted by atomic mass is 16.7. The monoisotopic (exact) mass is 455 g/mol. The first-order valence-electron chi connectivity index (χ1n) is 12.9. The largest absolute Gasteiger partial charge is 0.462 e. The second-order valence-corrected chi connectivity index (χ2v) is 11.3. The minimum Gasteiger partial charge on any atom is -0.405 e. The molecule has 1 saturated heterocycles. The van der Waals surface area contributed by atoms with Crippen LogP contribution in [0.3, 0.4) is 0 Å². The molecule has 0 radical (unpaired) electrons. The minimum atomic E-state index is -0.496. The summed E-state index contributed by atoms with van der Waals surface area (Å²) in [5.41, 5.74) is 13.0. The van der Waals surface area contributed by atoms with E-state index in [1.807, 2.05) is 6.07 Å². The lowest BCUT2D eigenvalue weighted by atomic mass is 9.43. The van der Waals surface area contributed by atoms with Crippen molar-refractivity contribution in [3.05, 3.63) is 35.9 Å². The van der Waals surface area contributed by atoms with Gasteiger partial charge >= 0.3 is 7.12 Å². The molecule has 33 heavy (non-hydrogen) atoms. The van der Waals surface area contributed by atoms with Gasteiger partial charge < -0.3 is 26.1 Å². The molecule has 4 aliphatic rings. The molecule has 0 aromatic heterocycles. The lowest BCUT2D eigenvalue weighted by Crippen LogP contribution is -2.65. The fraction of sp³-hybridized carbons (Fsp3) is 0.731. The number of nitrogens with two attached hydrogens (primary N) is 2. The predicted molar refractivity (Wildman–Crippen MR) is 133 cm³/mol. The Balaban J connectivity index is 1.40. The van der Waals surface area contributed by atoms with E-state index in [0.29, 0.717) is 30.8 Å². The first-order valence-corrected chi connectivity index (χ1v) is 12.9. The molecule has 1 unspecified atom stereocenters. The van der Waals surface area contributed by atoms with Crippen LogP contribution in [0.15, 0.2) is 30.3 Å². The molecule has 182 valence electrons. The van der Waals surface area contributed by atoms with Gasteiger partial charge in [-0.15, -0.1) is 0 Å². The number of nitrogens with one attached hydrogen (secondary N) is 1.